The molecule has 0 aliphatic carbocycles. The SMILES string of the molecule is Cc1cccc(CC2CN(C(=O)OC(C)(C)C)CCC2=O)n1. The fourth-order valence-corrected chi connectivity index (χ4v) is 2.54. The van der Waals surface area contributed by atoms with E-state index in [1.165, 1.54) is 0 Å². The van der Waals surface area contributed by atoms with E-state index in [2.05, 4.69) is 4.98 Å². The molecule has 1 aliphatic rings. The number of amides is 1. The van der Waals surface area contributed by atoms with Gasteiger partial charge in [-0.25, -0.2) is 4.79 Å². The Morgan fingerprint density at radius 3 is 2.77 bits per heavy atom. The Balaban J connectivity index is 2.02. The molecule has 0 N–H and O–H groups in total. The molecule has 0 spiro atoms. The van der Waals surface area contributed by atoms with Crippen molar-refractivity contribution in [1.82, 2.24) is 9.88 Å². The first-order valence-electron chi connectivity index (χ1n) is 7.68. The highest BCUT2D eigenvalue weighted by Crippen LogP contribution is 2.20. The van der Waals surface area contributed by atoms with Crippen LogP contribution in [0.25, 0.3) is 0 Å². The van der Waals surface area contributed by atoms with Gasteiger partial charge in [0.05, 0.1) is 0 Å². The van der Waals surface area contributed by atoms with Crippen LogP contribution in [0.1, 0.15) is 38.6 Å². The van der Waals surface area contributed by atoms with Crippen LogP contribution in [-0.2, 0) is 16.0 Å². The van der Waals surface area contributed by atoms with Crippen molar-refractivity contribution >= 4 is 11.9 Å². The molecule has 22 heavy (non-hydrogen) atoms. The summed E-state index contributed by atoms with van der Waals surface area (Å²) in [6, 6.07) is 5.79. The van der Waals surface area contributed by atoms with Crippen molar-refractivity contribution in [3.8, 4) is 0 Å². The molecule has 1 saturated heterocycles. The summed E-state index contributed by atoms with van der Waals surface area (Å²) in [4.78, 5) is 30.4. The van der Waals surface area contributed by atoms with Crippen LogP contribution < -0.4 is 0 Å². The van der Waals surface area contributed by atoms with Crippen LogP contribution in [0, 0.1) is 12.8 Å². The second-order valence-electron chi connectivity index (χ2n) is 6.81. The maximum Gasteiger partial charge on any atom is 0.410 e. The molecule has 5 nitrogen and oxygen atoms in total. The number of ether oxygens (including phenoxy) is 1. The summed E-state index contributed by atoms with van der Waals surface area (Å²) in [5, 5.41) is 0. The minimum atomic E-state index is -0.522. The number of pyridine rings is 1. The van der Waals surface area contributed by atoms with Gasteiger partial charge in [0.25, 0.3) is 0 Å². The maximum absolute atomic E-state index is 12.1. The highest BCUT2D eigenvalue weighted by Gasteiger charge is 2.32. The van der Waals surface area contributed by atoms with Gasteiger partial charge in [0.1, 0.15) is 11.4 Å². The Morgan fingerprint density at radius 1 is 1.41 bits per heavy atom. The zero-order chi connectivity index (χ0) is 16.3. The minimum Gasteiger partial charge on any atom is -0.444 e. The standard InChI is InChI=1S/C17H24N2O3/c1-12-6-5-7-14(18-12)10-13-11-19(9-8-15(13)20)16(21)22-17(2,3)4/h5-7,13H,8-11H2,1-4H3. The molecule has 1 atom stereocenters. The molecule has 1 aromatic heterocycles. The van der Waals surface area contributed by atoms with Crippen LogP contribution in [0.2, 0.25) is 0 Å². The summed E-state index contributed by atoms with van der Waals surface area (Å²) >= 11 is 0. The lowest BCUT2D eigenvalue weighted by Crippen LogP contribution is -2.46. The van der Waals surface area contributed by atoms with Crippen molar-refractivity contribution in [3.63, 3.8) is 0 Å². The molecule has 0 radical (unpaired) electrons. The molecule has 2 heterocycles. The second-order valence-corrected chi connectivity index (χ2v) is 6.81. The number of rotatable bonds is 2. The highest BCUT2D eigenvalue weighted by atomic mass is 16.6. The summed E-state index contributed by atoms with van der Waals surface area (Å²) in [6.45, 7) is 8.30. The zero-order valence-electron chi connectivity index (χ0n) is 13.8. The normalized spacial score (nSPS) is 19.2. The van der Waals surface area contributed by atoms with Gasteiger partial charge in [-0.05, 0) is 39.8 Å². The first-order chi connectivity index (χ1) is 10.2. The summed E-state index contributed by atoms with van der Waals surface area (Å²) < 4.78 is 5.39. The molecule has 1 aliphatic heterocycles. The van der Waals surface area contributed by atoms with Crippen LogP contribution in [0.5, 0.6) is 0 Å². The van der Waals surface area contributed by atoms with Crippen LogP contribution in [0.3, 0.4) is 0 Å². The third-order valence-electron chi connectivity index (χ3n) is 3.58. The Morgan fingerprint density at radius 2 is 2.14 bits per heavy atom. The first kappa shape index (κ1) is 16.5. The number of Topliss-reactive ketones (excluding diaryl/α,β-unsaturated/α-hetero) is 1. The largest absolute Gasteiger partial charge is 0.444 e. The lowest BCUT2D eigenvalue weighted by Gasteiger charge is -2.33. The highest BCUT2D eigenvalue weighted by molar-refractivity contribution is 5.84. The van der Waals surface area contributed by atoms with Gasteiger partial charge in [-0.3, -0.25) is 9.78 Å². The van der Waals surface area contributed by atoms with Gasteiger partial charge in [-0.2, -0.15) is 0 Å². The number of aryl methyl sites for hydroxylation is 1. The smallest absolute Gasteiger partial charge is 0.410 e. The van der Waals surface area contributed by atoms with Crippen LogP contribution in [0.4, 0.5) is 4.79 Å². The van der Waals surface area contributed by atoms with Crippen LogP contribution in [-0.4, -0.2) is 40.5 Å². The topological polar surface area (TPSA) is 59.5 Å². The maximum atomic E-state index is 12.1. The van der Waals surface area contributed by atoms with Crippen LogP contribution in [0.15, 0.2) is 18.2 Å². The van der Waals surface area contributed by atoms with Crippen molar-refractivity contribution in [2.24, 2.45) is 5.92 Å². The quantitative estimate of drug-likeness (QED) is 0.843. The lowest BCUT2D eigenvalue weighted by atomic mass is 9.92. The van der Waals surface area contributed by atoms with E-state index in [0.29, 0.717) is 25.9 Å². The fourth-order valence-electron chi connectivity index (χ4n) is 2.54. The van der Waals surface area contributed by atoms with Gasteiger partial charge in [0.2, 0.25) is 0 Å². The summed E-state index contributed by atoms with van der Waals surface area (Å²) in [5.41, 5.74) is 1.31. The molecule has 5 heteroatoms. The van der Waals surface area contributed by atoms with Crippen molar-refractivity contribution in [1.29, 1.82) is 0 Å². The molecular formula is C17H24N2O3. The van der Waals surface area contributed by atoms with Gasteiger partial charge in [0, 0.05) is 43.2 Å². The van der Waals surface area contributed by atoms with Gasteiger partial charge in [0.15, 0.2) is 0 Å². The Bertz CT molecular complexity index is 563. The average molecular weight is 304 g/mol. The molecule has 2 rings (SSSR count). The third-order valence-corrected chi connectivity index (χ3v) is 3.58. The van der Waals surface area contributed by atoms with Gasteiger partial charge < -0.3 is 9.64 Å². The number of hydrogen-bond donors (Lipinski definition) is 0. The number of hydrogen-bond acceptors (Lipinski definition) is 4. The molecular weight excluding hydrogens is 280 g/mol. The monoisotopic (exact) mass is 304 g/mol. The third kappa shape index (κ3) is 4.55. The molecule has 1 fully saturated rings. The van der Waals surface area contributed by atoms with Crippen molar-refractivity contribution in [2.45, 2.75) is 46.1 Å². The predicted octanol–water partition coefficient (Wildman–Crippen LogP) is 2.76. The number of carbonyl (C=O) groups excluding carboxylic acids is 2. The number of likely N-dealkylation sites (tertiary alicyclic amines) is 1. The van der Waals surface area contributed by atoms with E-state index >= 15 is 0 Å². The van der Waals surface area contributed by atoms with Gasteiger partial charge in [-0.1, -0.05) is 6.07 Å². The molecule has 0 bridgehead atoms. The predicted molar refractivity (Wildman–Crippen MR) is 83.6 cm³/mol. The Kier molecular flexibility index (Phi) is 4.84. The molecule has 1 aromatic rings. The summed E-state index contributed by atoms with van der Waals surface area (Å²) in [7, 11) is 0. The molecule has 1 amide bonds. The number of piperidine rings is 1. The number of carbonyl (C=O) groups is 2. The van der Waals surface area contributed by atoms with E-state index < -0.39 is 5.60 Å². The lowest BCUT2D eigenvalue weighted by molar-refractivity contribution is -0.125. The van der Waals surface area contributed by atoms with E-state index in [1.807, 2.05) is 45.9 Å². The van der Waals surface area contributed by atoms with Gasteiger partial charge >= 0.3 is 6.09 Å². The number of ketones is 1. The van der Waals surface area contributed by atoms with Crippen molar-refractivity contribution in [2.75, 3.05) is 13.1 Å². The molecule has 0 aromatic carbocycles. The number of aromatic nitrogens is 1. The van der Waals surface area contributed by atoms with Crippen LogP contribution >= 0.6 is 0 Å². The fraction of sp³-hybridized carbons (Fsp3) is 0.588. The van der Waals surface area contributed by atoms with E-state index in [9.17, 15) is 9.59 Å². The van der Waals surface area contributed by atoms with Crippen molar-refractivity contribution in [3.05, 3.63) is 29.6 Å². The van der Waals surface area contributed by atoms with E-state index in [4.69, 9.17) is 4.74 Å². The number of nitrogens with zero attached hydrogens (tertiary/aromatic N) is 2. The van der Waals surface area contributed by atoms with E-state index in [0.717, 1.165) is 11.4 Å². The molecule has 0 saturated carbocycles. The molecule has 120 valence electrons. The average Bonchev–Trinajstić information content (AvgIpc) is 2.39. The zero-order valence-corrected chi connectivity index (χ0v) is 13.8. The molecule has 1 unspecified atom stereocenters. The van der Waals surface area contributed by atoms with E-state index in [1.54, 1.807) is 4.90 Å². The second kappa shape index (κ2) is 6.46. The minimum absolute atomic E-state index is 0.197. The van der Waals surface area contributed by atoms with Gasteiger partial charge in [-0.15, -0.1) is 0 Å². The Labute approximate surface area is 131 Å². The Hall–Kier alpha value is -1.91. The first-order valence-corrected chi connectivity index (χ1v) is 7.68. The summed E-state index contributed by atoms with van der Waals surface area (Å²) in [6.07, 6.45) is 0.609. The van der Waals surface area contributed by atoms with E-state index in [-0.39, 0.29) is 17.8 Å². The summed E-state index contributed by atoms with van der Waals surface area (Å²) in [5.74, 6) is -0.00122. The van der Waals surface area contributed by atoms with Crippen molar-refractivity contribution < 1.29 is 14.3 Å².